The highest BCUT2D eigenvalue weighted by atomic mass is 16.5. The average Bonchev–Trinajstić information content (AvgIpc) is 3.03. The van der Waals surface area contributed by atoms with Gasteiger partial charge in [0.25, 0.3) is 17.7 Å². The van der Waals surface area contributed by atoms with Crippen LogP contribution in [0.4, 0.5) is 5.69 Å². The van der Waals surface area contributed by atoms with E-state index in [1.807, 2.05) is 50.2 Å². The van der Waals surface area contributed by atoms with Crippen molar-refractivity contribution in [3.8, 4) is 5.75 Å². The molecule has 32 heavy (non-hydrogen) atoms. The highest BCUT2D eigenvalue weighted by molar-refractivity contribution is 6.35. The maximum Gasteiger partial charge on any atom is 0.266 e. The van der Waals surface area contributed by atoms with Gasteiger partial charge in [-0.25, -0.2) is 4.90 Å². The summed E-state index contributed by atoms with van der Waals surface area (Å²) in [5.74, 6) is -0.281. The van der Waals surface area contributed by atoms with Gasteiger partial charge in [0.1, 0.15) is 12.4 Å². The molecule has 0 fully saturated rings. The molecular weight excluding hydrogens is 404 g/mol. The predicted octanol–water partition coefficient (Wildman–Crippen LogP) is 4.26. The fraction of sp³-hybridized carbons (Fsp3) is 0.192. The molecule has 6 heteroatoms. The summed E-state index contributed by atoms with van der Waals surface area (Å²) >= 11 is 0. The number of aryl methyl sites for hydroxylation is 2. The first-order valence-corrected chi connectivity index (χ1v) is 10.4. The maximum absolute atomic E-state index is 13.0. The molecule has 1 aliphatic heterocycles. The van der Waals surface area contributed by atoms with Gasteiger partial charge in [0, 0.05) is 12.6 Å². The summed E-state index contributed by atoms with van der Waals surface area (Å²) in [6.45, 7) is 4.56. The first-order valence-electron chi connectivity index (χ1n) is 10.4. The number of rotatable bonds is 6. The van der Waals surface area contributed by atoms with Gasteiger partial charge >= 0.3 is 0 Å². The van der Waals surface area contributed by atoms with Crippen LogP contribution in [-0.4, -0.2) is 42.8 Å². The number of anilines is 1. The summed E-state index contributed by atoms with van der Waals surface area (Å²) in [5, 5.41) is 0. The number of fused-ring (bicyclic) bond motifs is 1. The van der Waals surface area contributed by atoms with Crippen molar-refractivity contribution < 1.29 is 19.1 Å². The molecule has 0 unspecified atom stereocenters. The number of imide groups is 1. The molecule has 0 saturated carbocycles. The summed E-state index contributed by atoms with van der Waals surface area (Å²) in [6.07, 6.45) is 0. The van der Waals surface area contributed by atoms with Crippen LogP contribution in [0.1, 0.15) is 42.2 Å². The standard InChI is InChI=1S/C26H24N2O4/c1-17-7-6-9-20(15-17)32-14-13-27(3)24(29)19-11-12-21-22(16-19)26(31)28(25(21)30)23-10-5-4-8-18(23)2/h4-12,15-16H,13-14H2,1-3H3. The van der Waals surface area contributed by atoms with E-state index >= 15 is 0 Å². The molecule has 0 aliphatic carbocycles. The van der Waals surface area contributed by atoms with Crippen LogP contribution < -0.4 is 9.64 Å². The number of hydrogen-bond acceptors (Lipinski definition) is 4. The van der Waals surface area contributed by atoms with Gasteiger partial charge < -0.3 is 9.64 Å². The lowest BCUT2D eigenvalue weighted by atomic mass is 10.0. The van der Waals surface area contributed by atoms with Gasteiger partial charge in [-0.05, 0) is 61.4 Å². The van der Waals surface area contributed by atoms with Crippen molar-refractivity contribution in [3.05, 3.63) is 94.5 Å². The zero-order chi connectivity index (χ0) is 22.8. The average molecular weight is 428 g/mol. The Hall–Kier alpha value is -3.93. The largest absolute Gasteiger partial charge is 0.492 e. The van der Waals surface area contributed by atoms with E-state index in [0.717, 1.165) is 16.9 Å². The smallest absolute Gasteiger partial charge is 0.266 e. The van der Waals surface area contributed by atoms with Crippen molar-refractivity contribution in [1.29, 1.82) is 0 Å². The molecule has 3 amide bonds. The Balaban J connectivity index is 1.47. The van der Waals surface area contributed by atoms with Crippen LogP contribution in [0.3, 0.4) is 0 Å². The Kier molecular flexibility index (Phi) is 5.77. The van der Waals surface area contributed by atoms with Crippen molar-refractivity contribution >= 4 is 23.4 Å². The molecule has 162 valence electrons. The quantitative estimate of drug-likeness (QED) is 0.551. The molecule has 1 heterocycles. The van der Waals surface area contributed by atoms with Crippen LogP contribution in [0.15, 0.2) is 66.7 Å². The van der Waals surface area contributed by atoms with E-state index in [-0.39, 0.29) is 17.4 Å². The van der Waals surface area contributed by atoms with Gasteiger partial charge in [0.2, 0.25) is 0 Å². The molecule has 1 aliphatic rings. The van der Waals surface area contributed by atoms with Crippen LogP contribution in [0, 0.1) is 13.8 Å². The number of amides is 3. The van der Waals surface area contributed by atoms with E-state index in [9.17, 15) is 14.4 Å². The Morgan fingerprint density at radius 1 is 0.906 bits per heavy atom. The molecule has 3 aromatic carbocycles. The van der Waals surface area contributed by atoms with Crippen LogP contribution in [0.25, 0.3) is 0 Å². The monoisotopic (exact) mass is 428 g/mol. The minimum atomic E-state index is -0.417. The zero-order valence-electron chi connectivity index (χ0n) is 18.3. The van der Waals surface area contributed by atoms with Crippen molar-refractivity contribution in [2.24, 2.45) is 0 Å². The molecule has 0 atom stereocenters. The minimum absolute atomic E-state index is 0.241. The van der Waals surface area contributed by atoms with Gasteiger partial charge in [0.15, 0.2) is 0 Å². The molecule has 4 rings (SSSR count). The number of ether oxygens (including phenoxy) is 1. The zero-order valence-corrected chi connectivity index (χ0v) is 18.3. The molecular formula is C26H24N2O4. The van der Waals surface area contributed by atoms with Crippen LogP contribution in [-0.2, 0) is 0 Å². The SMILES string of the molecule is Cc1cccc(OCCN(C)C(=O)c2ccc3c(c2)C(=O)N(c2ccccc2C)C3=O)c1. The Labute approximate surface area is 187 Å². The Morgan fingerprint density at radius 2 is 1.66 bits per heavy atom. The van der Waals surface area contributed by atoms with Gasteiger partial charge in [0.05, 0.1) is 23.4 Å². The number of para-hydroxylation sites is 1. The number of carbonyl (C=O) groups excluding carboxylic acids is 3. The van der Waals surface area contributed by atoms with Crippen molar-refractivity contribution in [2.45, 2.75) is 13.8 Å². The minimum Gasteiger partial charge on any atom is -0.492 e. The number of hydrogen-bond donors (Lipinski definition) is 0. The molecule has 0 bridgehead atoms. The molecule has 0 aromatic heterocycles. The third kappa shape index (κ3) is 3.99. The summed E-state index contributed by atoms with van der Waals surface area (Å²) in [7, 11) is 1.68. The van der Waals surface area contributed by atoms with E-state index in [4.69, 9.17) is 4.74 Å². The molecule has 0 saturated heterocycles. The lowest BCUT2D eigenvalue weighted by Gasteiger charge is -2.18. The summed E-state index contributed by atoms with van der Waals surface area (Å²) in [6, 6.07) is 19.6. The van der Waals surface area contributed by atoms with Crippen molar-refractivity contribution in [2.75, 3.05) is 25.1 Å². The van der Waals surface area contributed by atoms with E-state index in [0.29, 0.717) is 30.0 Å². The summed E-state index contributed by atoms with van der Waals surface area (Å²) in [4.78, 5) is 41.5. The van der Waals surface area contributed by atoms with Gasteiger partial charge in [-0.3, -0.25) is 14.4 Å². The van der Waals surface area contributed by atoms with Crippen molar-refractivity contribution in [1.82, 2.24) is 4.90 Å². The topological polar surface area (TPSA) is 66.9 Å². The predicted molar refractivity (Wildman–Crippen MR) is 122 cm³/mol. The second kappa shape index (κ2) is 8.67. The summed E-state index contributed by atoms with van der Waals surface area (Å²) in [5.41, 5.74) is 3.39. The highest BCUT2D eigenvalue weighted by Crippen LogP contribution is 2.31. The molecule has 0 N–H and O–H groups in total. The molecule has 6 nitrogen and oxygen atoms in total. The van der Waals surface area contributed by atoms with E-state index in [1.54, 1.807) is 31.3 Å². The fourth-order valence-corrected chi connectivity index (χ4v) is 3.73. The Bertz CT molecular complexity index is 1220. The van der Waals surface area contributed by atoms with Gasteiger partial charge in [-0.1, -0.05) is 30.3 Å². The van der Waals surface area contributed by atoms with Crippen molar-refractivity contribution in [3.63, 3.8) is 0 Å². The molecule has 0 radical (unpaired) electrons. The van der Waals surface area contributed by atoms with Crippen LogP contribution in [0.5, 0.6) is 5.75 Å². The first-order chi connectivity index (χ1) is 15.4. The van der Waals surface area contributed by atoms with E-state index in [1.165, 1.54) is 15.9 Å². The normalized spacial score (nSPS) is 12.7. The second-order valence-corrected chi connectivity index (χ2v) is 7.88. The van der Waals surface area contributed by atoms with E-state index in [2.05, 4.69) is 0 Å². The van der Waals surface area contributed by atoms with Crippen LogP contribution >= 0.6 is 0 Å². The Morgan fingerprint density at radius 3 is 2.41 bits per heavy atom. The lowest BCUT2D eigenvalue weighted by Crippen LogP contribution is -2.31. The van der Waals surface area contributed by atoms with Gasteiger partial charge in [-0.15, -0.1) is 0 Å². The first kappa shape index (κ1) is 21.3. The fourth-order valence-electron chi connectivity index (χ4n) is 3.73. The summed E-state index contributed by atoms with van der Waals surface area (Å²) < 4.78 is 5.72. The number of carbonyl (C=O) groups is 3. The van der Waals surface area contributed by atoms with E-state index < -0.39 is 5.91 Å². The van der Waals surface area contributed by atoms with Crippen LogP contribution in [0.2, 0.25) is 0 Å². The van der Waals surface area contributed by atoms with Gasteiger partial charge in [-0.2, -0.15) is 0 Å². The third-order valence-electron chi connectivity index (χ3n) is 5.52. The molecule has 3 aromatic rings. The number of nitrogens with zero attached hydrogens (tertiary/aromatic N) is 2. The number of likely N-dealkylation sites (N-methyl/N-ethyl adjacent to an activating group) is 1. The molecule has 0 spiro atoms. The lowest BCUT2D eigenvalue weighted by molar-refractivity contribution is 0.0773. The second-order valence-electron chi connectivity index (χ2n) is 7.88. The highest BCUT2D eigenvalue weighted by Gasteiger charge is 2.37. The third-order valence-corrected chi connectivity index (χ3v) is 5.52. The maximum atomic E-state index is 13.0. The number of benzene rings is 3.